The molecule has 0 fully saturated rings. The average Bonchev–Trinajstić information content (AvgIpc) is 2.59. The Morgan fingerprint density at radius 2 is 1.67 bits per heavy atom. The van der Waals surface area contributed by atoms with E-state index >= 15 is 0 Å². The van der Waals surface area contributed by atoms with Crippen molar-refractivity contribution in [3.8, 4) is 0 Å². The molecule has 0 saturated carbocycles. The van der Waals surface area contributed by atoms with Gasteiger partial charge in [0.25, 0.3) is 0 Å². The second kappa shape index (κ2) is 4.40. The number of hydrogen-bond donors (Lipinski definition) is 0. The van der Waals surface area contributed by atoms with Crippen LogP contribution in [0.3, 0.4) is 0 Å². The Morgan fingerprint density at radius 1 is 1.00 bits per heavy atom. The summed E-state index contributed by atoms with van der Waals surface area (Å²) >= 11 is 3.73. The first-order chi connectivity index (χ1) is 7.08. The van der Waals surface area contributed by atoms with Gasteiger partial charge in [-0.15, -0.1) is 0 Å². The predicted octanol–water partition coefficient (Wildman–Crippen LogP) is 4.55. The van der Waals surface area contributed by atoms with Gasteiger partial charge in [-0.3, -0.25) is 0 Å². The van der Waals surface area contributed by atoms with Gasteiger partial charge in [0.05, 0.1) is 0 Å². The number of fused-ring (bicyclic) bond motifs is 1. The van der Waals surface area contributed by atoms with Crippen molar-refractivity contribution in [1.82, 2.24) is 3.71 Å². The van der Waals surface area contributed by atoms with Crippen LogP contribution in [-0.4, -0.2) is 9.75 Å². The van der Waals surface area contributed by atoms with Crippen molar-refractivity contribution < 1.29 is 0 Å². The number of rotatable bonds is 2. The van der Waals surface area contributed by atoms with Crippen LogP contribution in [0.25, 0.3) is 0 Å². The van der Waals surface area contributed by atoms with Gasteiger partial charge in [0, 0.05) is 15.8 Å². The fourth-order valence-electron chi connectivity index (χ4n) is 1.45. The molecule has 1 nitrogen and oxygen atoms in total. The minimum absolute atomic E-state index is 0.579. The number of benzene rings is 1. The summed E-state index contributed by atoms with van der Waals surface area (Å²) in [7, 11) is 0. The molecule has 1 heterocycles. The molecule has 0 N–H and O–H groups in total. The molecular formula is C12H17NS2. The van der Waals surface area contributed by atoms with Crippen molar-refractivity contribution in [2.24, 2.45) is 0 Å². The molecule has 1 aromatic carbocycles. The molecule has 2 rings (SSSR count). The van der Waals surface area contributed by atoms with Crippen LogP contribution in [0.5, 0.6) is 0 Å². The van der Waals surface area contributed by atoms with Crippen LogP contribution in [0.1, 0.15) is 39.2 Å². The Labute approximate surface area is 101 Å². The van der Waals surface area contributed by atoms with Crippen LogP contribution in [-0.2, 0) is 0 Å². The molecular weight excluding hydrogens is 222 g/mol. The third kappa shape index (κ3) is 2.35. The van der Waals surface area contributed by atoms with E-state index in [0.29, 0.717) is 12.0 Å². The second-order valence-electron chi connectivity index (χ2n) is 4.42. The molecule has 0 atom stereocenters. The molecule has 0 amide bonds. The molecule has 1 aromatic rings. The molecule has 0 aromatic heterocycles. The van der Waals surface area contributed by atoms with Crippen LogP contribution < -0.4 is 0 Å². The zero-order valence-electron chi connectivity index (χ0n) is 9.65. The third-order valence-corrected chi connectivity index (χ3v) is 5.30. The van der Waals surface area contributed by atoms with Crippen molar-refractivity contribution in [2.75, 3.05) is 0 Å². The van der Waals surface area contributed by atoms with Crippen LogP contribution in [0.2, 0.25) is 0 Å². The molecule has 3 heteroatoms. The molecule has 1 aliphatic rings. The fraction of sp³-hybridized carbons (Fsp3) is 0.500. The van der Waals surface area contributed by atoms with E-state index in [1.54, 1.807) is 0 Å². The lowest BCUT2D eigenvalue weighted by Crippen LogP contribution is -2.12. The highest BCUT2D eigenvalue weighted by molar-refractivity contribution is 8.14. The lowest BCUT2D eigenvalue weighted by molar-refractivity contribution is 0.605. The minimum atomic E-state index is 0.579. The molecule has 1 aliphatic heterocycles. The summed E-state index contributed by atoms with van der Waals surface area (Å²) in [5.74, 6) is 0.619. The van der Waals surface area contributed by atoms with Gasteiger partial charge in [-0.25, -0.2) is 0 Å². The third-order valence-electron chi connectivity index (χ3n) is 2.43. The van der Waals surface area contributed by atoms with Gasteiger partial charge < -0.3 is 0 Å². The first kappa shape index (κ1) is 11.4. The maximum absolute atomic E-state index is 2.36. The Balaban J connectivity index is 2.24. The van der Waals surface area contributed by atoms with Gasteiger partial charge in [-0.05, 0) is 61.4 Å². The van der Waals surface area contributed by atoms with E-state index < -0.39 is 0 Å². The first-order valence-corrected chi connectivity index (χ1v) is 6.91. The monoisotopic (exact) mass is 239 g/mol. The van der Waals surface area contributed by atoms with E-state index in [2.05, 4.69) is 49.6 Å². The molecule has 0 unspecified atom stereocenters. The highest BCUT2D eigenvalue weighted by atomic mass is 32.2. The van der Waals surface area contributed by atoms with E-state index in [9.17, 15) is 0 Å². The quantitative estimate of drug-likeness (QED) is 0.697. The van der Waals surface area contributed by atoms with Gasteiger partial charge in [-0.2, -0.15) is 3.71 Å². The Bertz CT molecular complexity index is 361. The van der Waals surface area contributed by atoms with Gasteiger partial charge >= 0.3 is 0 Å². The zero-order valence-corrected chi connectivity index (χ0v) is 11.3. The first-order valence-electron chi connectivity index (χ1n) is 5.37. The second-order valence-corrected chi connectivity index (χ2v) is 6.69. The topological polar surface area (TPSA) is 3.24 Å². The largest absolute Gasteiger partial charge is 0.183 e. The van der Waals surface area contributed by atoms with E-state index in [4.69, 9.17) is 0 Å². The Kier molecular flexibility index (Phi) is 3.33. The molecule has 15 heavy (non-hydrogen) atoms. The van der Waals surface area contributed by atoms with Gasteiger partial charge in [0.1, 0.15) is 0 Å². The van der Waals surface area contributed by atoms with Crippen molar-refractivity contribution in [2.45, 2.75) is 49.4 Å². The van der Waals surface area contributed by atoms with Crippen molar-refractivity contribution in [1.29, 1.82) is 0 Å². The SMILES string of the molecule is CC(C)c1ccc2c(c1)SN(C(C)C)S2. The summed E-state index contributed by atoms with van der Waals surface area (Å²) in [6.45, 7) is 8.95. The van der Waals surface area contributed by atoms with Gasteiger partial charge in [-0.1, -0.05) is 19.9 Å². The Hall–Kier alpha value is -0.120. The van der Waals surface area contributed by atoms with Crippen LogP contribution in [0.4, 0.5) is 0 Å². The van der Waals surface area contributed by atoms with Crippen LogP contribution in [0.15, 0.2) is 28.0 Å². The summed E-state index contributed by atoms with van der Waals surface area (Å²) in [6, 6.07) is 7.42. The summed E-state index contributed by atoms with van der Waals surface area (Å²) in [6.07, 6.45) is 0. The molecule has 82 valence electrons. The number of nitrogens with zero attached hydrogens (tertiary/aromatic N) is 1. The highest BCUT2D eigenvalue weighted by Gasteiger charge is 2.23. The molecule has 0 bridgehead atoms. The fourth-order valence-corrected chi connectivity index (χ4v) is 3.74. The van der Waals surface area contributed by atoms with Crippen molar-refractivity contribution in [3.63, 3.8) is 0 Å². The molecule has 0 aliphatic carbocycles. The number of hydrogen-bond acceptors (Lipinski definition) is 3. The summed E-state index contributed by atoms with van der Waals surface area (Å²) in [5.41, 5.74) is 1.44. The van der Waals surface area contributed by atoms with Gasteiger partial charge in [0.2, 0.25) is 0 Å². The Morgan fingerprint density at radius 3 is 2.27 bits per heavy atom. The van der Waals surface area contributed by atoms with Crippen molar-refractivity contribution in [3.05, 3.63) is 23.8 Å². The zero-order chi connectivity index (χ0) is 11.0. The van der Waals surface area contributed by atoms with Crippen LogP contribution >= 0.6 is 23.9 Å². The van der Waals surface area contributed by atoms with E-state index in [0.717, 1.165) is 0 Å². The smallest absolute Gasteiger partial charge is 0.0391 e. The standard InChI is InChI=1S/C12H17NS2/c1-8(2)10-5-6-11-12(7-10)15-13(14-11)9(3)4/h5-9H,1-4H3. The maximum atomic E-state index is 2.36. The maximum Gasteiger partial charge on any atom is 0.0391 e. The lowest BCUT2D eigenvalue weighted by atomic mass is 10.0. The summed E-state index contributed by atoms with van der Waals surface area (Å²) < 4.78 is 2.36. The van der Waals surface area contributed by atoms with Crippen molar-refractivity contribution >= 4 is 23.9 Å². The van der Waals surface area contributed by atoms with Crippen LogP contribution in [0, 0.1) is 0 Å². The van der Waals surface area contributed by atoms with Gasteiger partial charge in [0.15, 0.2) is 0 Å². The predicted molar refractivity (Wildman–Crippen MR) is 69.2 cm³/mol. The average molecular weight is 239 g/mol. The van der Waals surface area contributed by atoms with E-state index in [-0.39, 0.29) is 0 Å². The van der Waals surface area contributed by atoms with E-state index in [1.807, 2.05) is 23.9 Å². The summed E-state index contributed by atoms with van der Waals surface area (Å²) in [4.78, 5) is 2.82. The molecule has 0 radical (unpaired) electrons. The van der Waals surface area contributed by atoms with E-state index in [1.165, 1.54) is 15.4 Å². The highest BCUT2D eigenvalue weighted by Crippen LogP contribution is 2.48. The normalized spacial score (nSPS) is 16.4. The summed E-state index contributed by atoms with van der Waals surface area (Å²) in [5, 5.41) is 0. The molecule has 0 saturated heterocycles. The minimum Gasteiger partial charge on any atom is -0.183 e. The molecule has 0 spiro atoms. The lowest BCUT2D eigenvalue weighted by Gasteiger charge is -2.15.